The predicted octanol–water partition coefficient (Wildman–Crippen LogP) is 3.25. The Bertz CT molecular complexity index is 363. The van der Waals surface area contributed by atoms with Gasteiger partial charge >= 0.3 is 0 Å². The van der Waals surface area contributed by atoms with E-state index in [-0.39, 0.29) is 5.60 Å². The molecule has 0 unspecified atom stereocenters. The van der Waals surface area contributed by atoms with Crippen molar-refractivity contribution in [2.45, 2.75) is 58.4 Å². The van der Waals surface area contributed by atoms with Gasteiger partial charge in [0.2, 0.25) is 0 Å². The summed E-state index contributed by atoms with van der Waals surface area (Å²) in [4.78, 5) is 0. The molecule has 1 aliphatic carbocycles. The van der Waals surface area contributed by atoms with Crippen molar-refractivity contribution in [3.63, 3.8) is 0 Å². The topological polar surface area (TPSA) is 21.3 Å². The maximum Gasteiger partial charge on any atom is 0.0727 e. The summed E-state index contributed by atoms with van der Waals surface area (Å²) in [6, 6.07) is 9.30. The van der Waals surface area contributed by atoms with E-state index in [9.17, 15) is 0 Å². The summed E-state index contributed by atoms with van der Waals surface area (Å²) < 4.78 is 5.85. The van der Waals surface area contributed by atoms with Gasteiger partial charge in [-0.3, -0.25) is 0 Å². The summed E-state index contributed by atoms with van der Waals surface area (Å²) in [6.45, 7) is 7.95. The van der Waals surface area contributed by atoms with Crippen LogP contribution in [0, 0.1) is 0 Å². The number of rotatable bonds is 5. The predicted molar refractivity (Wildman–Crippen MR) is 70.8 cm³/mol. The van der Waals surface area contributed by atoms with E-state index in [2.05, 4.69) is 50.4 Å². The highest BCUT2D eigenvalue weighted by molar-refractivity contribution is 5.26. The minimum Gasteiger partial charge on any atom is -0.371 e. The zero-order valence-electron chi connectivity index (χ0n) is 11.1. The molecule has 0 atom stereocenters. The standard InChI is InChI=1S/C15H23NO/c1-15(2,3)17-11-13-7-5-4-6-12(13)10-16-14-8-9-14/h4-7,14,16H,8-11H2,1-3H3. The van der Waals surface area contributed by atoms with Crippen LogP contribution in [0.2, 0.25) is 0 Å². The fourth-order valence-corrected chi connectivity index (χ4v) is 1.71. The first-order chi connectivity index (χ1) is 8.04. The Balaban J connectivity index is 1.94. The van der Waals surface area contributed by atoms with E-state index in [1.807, 2.05) is 0 Å². The van der Waals surface area contributed by atoms with Crippen LogP contribution in [0.1, 0.15) is 44.7 Å². The van der Waals surface area contributed by atoms with Gasteiger partial charge in [-0.25, -0.2) is 0 Å². The minimum atomic E-state index is -0.0724. The van der Waals surface area contributed by atoms with Crippen LogP contribution >= 0.6 is 0 Å². The van der Waals surface area contributed by atoms with E-state index < -0.39 is 0 Å². The van der Waals surface area contributed by atoms with Crippen molar-refractivity contribution in [3.05, 3.63) is 35.4 Å². The molecule has 1 fully saturated rings. The molecule has 0 amide bonds. The average Bonchev–Trinajstić information content (AvgIpc) is 3.07. The smallest absolute Gasteiger partial charge is 0.0727 e. The highest BCUT2D eigenvalue weighted by Gasteiger charge is 2.20. The summed E-state index contributed by atoms with van der Waals surface area (Å²) >= 11 is 0. The molecule has 0 aliphatic heterocycles. The SMILES string of the molecule is CC(C)(C)OCc1ccccc1CNC1CC1. The van der Waals surface area contributed by atoms with E-state index in [1.165, 1.54) is 24.0 Å². The summed E-state index contributed by atoms with van der Waals surface area (Å²) in [7, 11) is 0. The third-order valence-electron chi connectivity index (χ3n) is 2.94. The van der Waals surface area contributed by atoms with E-state index in [0.717, 1.165) is 12.6 Å². The van der Waals surface area contributed by atoms with Crippen LogP contribution in [0.15, 0.2) is 24.3 Å². The van der Waals surface area contributed by atoms with Crippen molar-refractivity contribution in [1.82, 2.24) is 5.32 Å². The van der Waals surface area contributed by atoms with Gasteiger partial charge in [0.05, 0.1) is 12.2 Å². The third kappa shape index (κ3) is 4.49. The fraction of sp³-hybridized carbons (Fsp3) is 0.600. The quantitative estimate of drug-likeness (QED) is 0.843. The van der Waals surface area contributed by atoms with Gasteiger partial charge in [-0.05, 0) is 44.7 Å². The fourth-order valence-electron chi connectivity index (χ4n) is 1.71. The van der Waals surface area contributed by atoms with Crippen molar-refractivity contribution in [2.75, 3.05) is 0 Å². The maximum atomic E-state index is 5.85. The maximum absolute atomic E-state index is 5.85. The van der Waals surface area contributed by atoms with Gasteiger partial charge in [0.15, 0.2) is 0 Å². The second-order valence-corrected chi connectivity index (χ2v) is 5.82. The molecule has 2 rings (SSSR count). The first-order valence-electron chi connectivity index (χ1n) is 6.49. The molecule has 2 nitrogen and oxygen atoms in total. The van der Waals surface area contributed by atoms with Crippen molar-refractivity contribution in [3.8, 4) is 0 Å². The third-order valence-corrected chi connectivity index (χ3v) is 2.94. The molecule has 0 bridgehead atoms. The number of hydrogen-bond donors (Lipinski definition) is 1. The first-order valence-corrected chi connectivity index (χ1v) is 6.49. The molecule has 1 saturated carbocycles. The zero-order valence-corrected chi connectivity index (χ0v) is 11.1. The minimum absolute atomic E-state index is 0.0724. The van der Waals surface area contributed by atoms with Crippen LogP contribution < -0.4 is 5.32 Å². The molecule has 1 aliphatic rings. The lowest BCUT2D eigenvalue weighted by atomic mass is 10.1. The molecule has 2 heteroatoms. The van der Waals surface area contributed by atoms with Crippen LogP contribution in [0.25, 0.3) is 0 Å². The molecule has 1 N–H and O–H groups in total. The van der Waals surface area contributed by atoms with Crippen molar-refractivity contribution < 1.29 is 4.74 Å². The molecular weight excluding hydrogens is 210 g/mol. The van der Waals surface area contributed by atoms with E-state index in [1.54, 1.807) is 0 Å². The van der Waals surface area contributed by atoms with Crippen LogP contribution in [-0.2, 0) is 17.9 Å². The Hall–Kier alpha value is -0.860. The van der Waals surface area contributed by atoms with Crippen molar-refractivity contribution >= 4 is 0 Å². The molecule has 0 heterocycles. The Kier molecular flexibility index (Phi) is 3.85. The Morgan fingerprint density at radius 1 is 1.18 bits per heavy atom. The molecule has 0 spiro atoms. The number of benzene rings is 1. The monoisotopic (exact) mass is 233 g/mol. The number of hydrogen-bond acceptors (Lipinski definition) is 2. The van der Waals surface area contributed by atoms with Crippen LogP contribution in [-0.4, -0.2) is 11.6 Å². The van der Waals surface area contributed by atoms with Crippen LogP contribution in [0.4, 0.5) is 0 Å². The Labute approximate surface area is 104 Å². The molecule has 17 heavy (non-hydrogen) atoms. The molecule has 0 aromatic heterocycles. The molecule has 0 radical (unpaired) electrons. The van der Waals surface area contributed by atoms with Crippen molar-refractivity contribution in [2.24, 2.45) is 0 Å². The summed E-state index contributed by atoms with van der Waals surface area (Å²) in [5.41, 5.74) is 2.59. The summed E-state index contributed by atoms with van der Waals surface area (Å²) in [5.74, 6) is 0. The van der Waals surface area contributed by atoms with Gasteiger partial charge in [-0.15, -0.1) is 0 Å². The van der Waals surface area contributed by atoms with Crippen LogP contribution in [0.3, 0.4) is 0 Å². The lowest BCUT2D eigenvalue weighted by molar-refractivity contribution is -0.0152. The second kappa shape index (κ2) is 5.19. The average molecular weight is 233 g/mol. The second-order valence-electron chi connectivity index (χ2n) is 5.82. The van der Waals surface area contributed by atoms with Gasteiger partial charge in [-0.2, -0.15) is 0 Å². The van der Waals surface area contributed by atoms with Gasteiger partial charge in [0.1, 0.15) is 0 Å². The summed E-state index contributed by atoms with van der Waals surface area (Å²) in [6.07, 6.45) is 2.67. The zero-order chi connectivity index (χ0) is 12.3. The lowest BCUT2D eigenvalue weighted by Gasteiger charge is -2.20. The van der Waals surface area contributed by atoms with Gasteiger partial charge in [-0.1, -0.05) is 24.3 Å². The molecule has 1 aromatic carbocycles. The summed E-state index contributed by atoms with van der Waals surface area (Å²) in [5, 5.41) is 3.55. The van der Waals surface area contributed by atoms with Crippen molar-refractivity contribution in [1.29, 1.82) is 0 Å². The Morgan fingerprint density at radius 2 is 1.82 bits per heavy atom. The molecule has 0 saturated heterocycles. The number of nitrogens with one attached hydrogen (secondary N) is 1. The highest BCUT2D eigenvalue weighted by atomic mass is 16.5. The van der Waals surface area contributed by atoms with Gasteiger partial charge in [0.25, 0.3) is 0 Å². The van der Waals surface area contributed by atoms with Crippen LogP contribution in [0.5, 0.6) is 0 Å². The van der Waals surface area contributed by atoms with Gasteiger partial charge in [0, 0.05) is 12.6 Å². The van der Waals surface area contributed by atoms with Gasteiger partial charge < -0.3 is 10.1 Å². The molecule has 1 aromatic rings. The normalized spacial score (nSPS) is 16.2. The van der Waals surface area contributed by atoms with E-state index in [0.29, 0.717) is 6.61 Å². The van der Waals surface area contributed by atoms with E-state index in [4.69, 9.17) is 4.74 Å². The number of ether oxygens (including phenoxy) is 1. The van der Waals surface area contributed by atoms with E-state index >= 15 is 0 Å². The Morgan fingerprint density at radius 3 is 2.41 bits per heavy atom. The molecular formula is C15H23NO. The largest absolute Gasteiger partial charge is 0.371 e. The highest BCUT2D eigenvalue weighted by Crippen LogP contribution is 2.20. The first kappa shape index (κ1) is 12.6. The lowest BCUT2D eigenvalue weighted by Crippen LogP contribution is -2.20. The molecule has 94 valence electrons.